The van der Waals surface area contributed by atoms with Crippen molar-refractivity contribution < 1.29 is 23.8 Å². The molecule has 8 heteroatoms. The molecule has 0 saturated heterocycles. The van der Waals surface area contributed by atoms with Crippen LogP contribution in [-0.2, 0) is 9.53 Å². The van der Waals surface area contributed by atoms with Crippen LogP contribution < -0.4 is 14.8 Å². The van der Waals surface area contributed by atoms with Gasteiger partial charge >= 0.3 is 5.97 Å². The van der Waals surface area contributed by atoms with Gasteiger partial charge in [-0.15, -0.1) is 0 Å². The Bertz CT molecular complexity index is 1120. The quantitative estimate of drug-likeness (QED) is 0.615. The number of carbonyl (C=O) groups is 2. The zero-order chi connectivity index (χ0) is 22.0. The van der Waals surface area contributed by atoms with Crippen LogP contribution in [0.15, 0.2) is 48.5 Å². The van der Waals surface area contributed by atoms with Crippen molar-refractivity contribution in [1.29, 1.82) is 0 Å². The highest BCUT2D eigenvalue weighted by Crippen LogP contribution is 2.34. The molecule has 31 heavy (non-hydrogen) atoms. The Morgan fingerprint density at radius 2 is 1.84 bits per heavy atom. The van der Waals surface area contributed by atoms with E-state index in [4.69, 9.17) is 14.2 Å². The van der Waals surface area contributed by atoms with E-state index in [9.17, 15) is 9.59 Å². The number of benzene rings is 2. The second-order valence-corrected chi connectivity index (χ2v) is 7.36. The second kappa shape index (κ2) is 8.51. The van der Waals surface area contributed by atoms with Gasteiger partial charge in [0.25, 0.3) is 5.91 Å². The Morgan fingerprint density at radius 1 is 1.10 bits per heavy atom. The third-order valence-electron chi connectivity index (χ3n) is 4.97. The maximum atomic E-state index is 12.3. The lowest BCUT2D eigenvalue weighted by Crippen LogP contribution is -2.31. The normalized spacial score (nSPS) is 13.0. The van der Waals surface area contributed by atoms with Crippen LogP contribution in [0.2, 0.25) is 0 Å². The molecule has 0 radical (unpaired) electrons. The third kappa shape index (κ3) is 4.53. The predicted molar refractivity (Wildman–Crippen MR) is 112 cm³/mol. The van der Waals surface area contributed by atoms with E-state index in [0.717, 1.165) is 22.6 Å². The summed E-state index contributed by atoms with van der Waals surface area (Å²) < 4.78 is 17.6. The number of amides is 1. The van der Waals surface area contributed by atoms with Gasteiger partial charge in [-0.1, -0.05) is 6.07 Å². The van der Waals surface area contributed by atoms with Gasteiger partial charge in [0, 0.05) is 5.69 Å². The number of fused-ring (bicyclic) bond motifs is 1. The average molecular weight is 421 g/mol. The van der Waals surface area contributed by atoms with Crippen molar-refractivity contribution in [2.24, 2.45) is 0 Å². The Labute approximate surface area is 179 Å². The van der Waals surface area contributed by atoms with Crippen LogP contribution in [0.4, 0.5) is 0 Å². The number of hydrogen-bond donors (Lipinski definition) is 1. The van der Waals surface area contributed by atoms with E-state index in [1.807, 2.05) is 39.0 Å². The first kappa shape index (κ1) is 20.5. The van der Waals surface area contributed by atoms with Crippen molar-refractivity contribution in [1.82, 2.24) is 15.1 Å². The molecule has 0 saturated carbocycles. The summed E-state index contributed by atoms with van der Waals surface area (Å²) in [6.07, 6.45) is 0. The number of aryl methyl sites for hydroxylation is 2. The number of hydrogen-bond acceptors (Lipinski definition) is 6. The minimum absolute atomic E-state index is 0.192. The van der Waals surface area contributed by atoms with Crippen LogP contribution in [0.25, 0.3) is 5.69 Å². The summed E-state index contributed by atoms with van der Waals surface area (Å²) in [6.45, 7) is 5.55. The van der Waals surface area contributed by atoms with Crippen LogP contribution >= 0.6 is 0 Å². The number of nitrogens with zero attached hydrogens (tertiary/aromatic N) is 2. The highest BCUT2D eigenvalue weighted by molar-refractivity contribution is 5.91. The summed E-state index contributed by atoms with van der Waals surface area (Å²) >= 11 is 0. The van der Waals surface area contributed by atoms with Gasteiger partial charge in [0.1, 0.15) is 0 Å². The van der Waals surface area contributed by atoms with Crippen molar-refractivity contribution in [2.45, 2.75) is 26.8 Å². The van der Waals surface area contributed by atoms with E-state index in [1.165, 1.54) is 0 Å². The molecule has 3 aromatic rings. The Kier molecular flexibility index (Phi) is 5.62. The minimum atomic E-state index is -0.564. The molecule has 2 heterocycles. The molecule has 0 spiro atoms. The number of carbonyl (C=O) groups excluding carboxylic acids is 2. The summed E-state index contributed by atoms with van der Waals surface area (Å²) in [6, 6.07) is 14.1. The fourth-order valence-corrected chi connectivity index (χ4v) is 3.39. The zero-order valence-corrected chi connectivity index (χ0v) is 17.5. The lowest BCUT2D eigenvalue weighted by Gasteiger charge is -2.15. The highest BCUT2D eigenvalue weighted by atomic mass is 16.7. The predicted octanol–water partition coefficient (Wildman–Crippen LogP) is 3.25. The molecule has 4 rings (SSSR count). The number of aromatic nitrogens is 2. The van der Waals surface area contributed by atoms with Gasteiger partial charge in [-0.25, -0.2) is 9.48 Å². The van der Waals surface area contributed by atoms with Gasteiger partial charge in [0.2, 0.25) is 6.79 Å². The van der Waals surface area contributed by atoms with Crippen molar-refractivity contribution >= 4 is 11.9 Å². The largest absolute Gasteiger partial charge is 0.454 e. The fourth-order valence-electron chi connectivity index (χ4n) is 3.39. The molecule has 1 amide bonds. The van der Waals surface area contributed by atoms with Gasteiger partial charge in [-0.2, -0.15) is 5.10 Å². The first-order valence-electron chi connectivity index (χ1n) is 9.90. The Morgan fingerprint density at radius 3 is 2.55 bits per heavy atom. The molecular weight excluding hydrogens is 398 g/mol. The third-order valence-corrected chi connectivity index (χ3v) is 4.97. The molecular formula is C23H23N3O5. The lowest BCUT2D eigenvalue weighted by molar-refractivity contribution is -0.124. The van der Waals surface area contributed by atoms with Gasteiger partial charge in [-0.05, 0) is 68.8 Å². The molecule has 1 aromatic heterocycles. The molecule has 8 nitrogen and oxygen atoms in total. The number of nitrogens with one attached hydrogen (secondary N) is 1. The van der Waals surface area contributed by atoms with Gasteiger partial charge in [-0.3, -0.25) is 4.79 Å². The van der Waals surface area contributed by atoms with Crippen LogP contribution in [0.5, 0.6) is 11.5 Å². The highest BCUT2D eigenvalue weighted by Gasteiger charge is 2.18. The van der Waals surface area contributed by atoms with Crippen LogP contribution in [0.1, 0.15) is 40.3 Å². The monoisotopic (exact) mass is 421 g/mol. The van der Waals surface area contributed by atoms with E-state index < -0.39 is 11.9 Å². The van der Waals surface area contributed by atoms with Crippen LogP contribution in [-0.4, -0.2) is 35.1 Å². The summed E-state index contributed by atoms with van der Waals surface area (Å²) in [5.74, 6) is 0.373. The van der Waals surface area contributed by atoms with Gasteiger partial charge < -0.3 is 19.5 Å². The second-order valence-electron chi connectivity index (χ2n) is 7.36. The summed E-state index contributed by atoms with van der Waals surface area (Å²) in [5, 5.41) is 7.23. The van der Waals surface area contributed by atoms with Gasteiger partial charge in [0.05, 0.1) is 23.0 Å². The summed E-state index contributed by atoms with van der Waals surface area (Å²) in [5.41, 5.74) is 3.99. The maximum Gasteiger partial charge on any atom is 0.338 e. The standard InChI is InChI=1S/C23H23N3O5/c1-14-10-15(2)26(25-14)19-7-4-17(5-8-19)23(28)29-12-22(27)24-16(3)18-6-9-20-21(11-18)31-13-30-20/h4-11,16H,12-13H2,1-3H3,(H,24,27). The number of rotatable bonds is 6. The summed E-state index contributed by atoms with van der Waals surface area (Å²) in [4.78, 5) is 24.5. The topological polar surface area (TPSA) is 91.7 Å². The molecule has 0 fully saturated rings. The van der Waals surface area contributed by atoms with Crippen LogP contribution in [0.3, 0.4) is 0 Å². The van der Waals surface area contributed by atoms with Crippen molar-refractivity contribution in [3.63, 3.8) is 0 Å². The van der Waals surface area contributed by atoms with Crippen molar-refractivity contribution in [3.8, 4) is 17.2 Å². The molecule has 160 valence electrons. The first-order valence-corrected chi connectivity index (χ1v) is 9.90. The SMILES string of the molecule is Cc1cc(C)n(-c2ccc(C(=O)OCC(=O)NC(C)c3ccc4c(c3)OCO4)cc2)n1. The molecule has 1 aliphatic rings. The Balaban J connectivity index is 1.31. The van der Waals surface area contributed by atoms with E-state index >= 15 is 0 Å². The van der Waals surface area contributed by atoms with Gasteiger partial charge in [0.15, 0.2) is 18.1 Å². The lowest BCUT2D eigenvalue weighted by atomic mass is 10.1. The number of esters is 1. The van der Waals surface area contributed by atoms with Crippen LogP contribution in [0, 0.1) is 13.8 Å². The first-order chi connectivity index (χ1) is 14.9. The average Bonchev–Trinajstić information content (AvgIpc) is 3.37. The van der Waals surface area contributed by atoms with Crippen molar-refractivity contribution in [2.75, 3.05) is 13.4 Å². The smallest absolute Gasteiger partial charge is 0.338 e. The molecule has 2 aromatic carbocycles. The molecule has 1 unspecified atom stereocenters. The number of ether oxygens (including phenoxy) is 3. The van der Waals surface area contributed by atoms with E-state index in [-0.39, 0.29) is 19.4 Å². The molecule has 1 aliphatic heterocycles. The van der Waals surface area contributed by atoms with Crippen molar-refractivity contribution in [3.05, 3.63) is 71.0 Å². The molecule has 1 atom stereocenters. The minimum Gasteiger partial charge on any atom is -0.454 e. The maximum absolute atomic E-state index is 12.3. The van der Waals surface area contributed by atoms with E-state index in [2.05, 4.69) is 10.4 Å². The fraction of sp³-hybridized carbons (Fsp3) is 0.261. The van der Waals surface area contributed by atoms with E-state index in [0.29, 0.717) is 17.1 Å². The molecule has 1 N–H and O–H groups in total. The Hall–Kier alpha value is -3.81. The molecule has 0 bridgehead atoms. The van der Waals surface area contributed by atoms with E-state index in [1.54, 1.807) is 35.0 Å². The summed E-state index contributed by atoms with van der Waals surface area (Å²) in [7, 11) is 0. The zero-order valence-electron chi connectivity index (χ0n) is 17.5. The molecule has 0 aliphatic carbocycles.